The van der Waals surface area contributed by atoms with E-state index in [4.69, 9.17) is 11.6 Å². The van der Waals surface area contributed by atoms with E-state index < -0.39 is 5.60 Å². The zero-order valence-electron chi connectivity index (χ0n) is 7.83. The summed E-state index contributed by atoms with van der Waals surface area (Å²) in [6.45, 7) is 0.566. The molecule has 76 valence electrons. The van der Waals surface area contributed by atoms with Crippen molar-refractivity contribution in [2.24, 2.45) is 0 Å². The number of rotatable bonds is 3. The zero-order chi connectivity index (χ0) is 10.0. The van der Waals surface area contributed by atoms with E-state index in [1.807, 2.05) is 6.07 Å². The van der Waals surface area contributed by atoms with Crippen LogP contribution in [0.15, 0.2) is 18.5 Å². The van der Waals surface area contributed by atoms with Crippen LogP contribution >= 0.6 is 11.6 Å². The van der Waals surface area contributed by atoms with Crippen molar-refractivity contribution >= 4 is 17.3 Å². The number of anilines is 1. The minimum absolute atomic E-state index is 0.521. The lowest BCUT2D eigenvalue weighted by Crippen LogP contribution is -2.43. The molecule has 2 rings (SSSR count). The van der Waals surface area contributed by atoms with Crippen LogP contribution in [0.5, 0.6) is 0 Å². The van der Waals surface area contributed by atoms with Gasteiger partial charge in [-0.15, -0.1) is 0 Å². The van der Waals surface area contributed by atoms with Gasteiger partial charge in [-0.3, -0.25) is 4.98 Å². The molecule has 0 spiro atoms. The van der Waals surface area contributed by atoms with E-state index in [2.05, 4.69) is 10.3 Å². The number of nitrogens with zero attached hydrogens (tertiary/aromatic N) is 1. The van der Waals surface area contributed by atoms with Gasteiger partial charge in [-0.25, -0.2) is 0 Å². The molecule has 14 heavy (non-hydrogen) atoms. The number of aromatic nitrogens is 1. The molecule has 4 heteroatoms. The number of nitrogens with one attached hydrogen (secondary N) is 1. The molecule has 0 atom stereocenters. The lowest BCUT2D eigenvalue weighted by molar-refractivity contribution is -0.0201. The molecule has 1 fully saturated rings. The molecule has 0 amide bonds. The summed E-state index contributed by atoms with van der Waals surface area (Å²) in [5.74, 6) is 0. The van der Waals surface area contributed by atoms with Gasteiger partial charge in [0.2, 0.25) is 0 Å². The molecular weight excluding hydrogens is 200 g/mol. The summed E-state index contributed by atoms with van der Waals surface area (Å²) >= 11 is 5.91. The monoisotopic (exact) mass is 212 g/mol. The van der Waals surface area contributed by atoms with Crippen molar-refractivity contribution in [1.82, 2.24) is 4.98 Å². The minimum atomic E-state index is -0.521. The number of hydrogen-bond donors (Lipinski definition) is 2. The Labute approximate surface area is 88.1 Å². The topological polar surface area (TPSA) is 45.1 Å². The summed E-state index contributed by atoms with van der Waals surface area (Å²) in [6.07, 6.45) is 6.14. The summed E-state index contributed by atoms with van der Waals surface area (Å²) < 4.78 is 0. The van der Waals surface area contributed by atoms with Gasteiger partial charge in [0.1, 0.15) is 0 Å². The minimum Gasteiger partial charge on any atom is -0.388 e. The van der Waals surface area contributed by atoms with Gasteiger partial charge in [-0.05, 0) is 25.3 Å². The quantitative estimate of drug-likeness (QED) is 0.806. The molecule has 0 aliphatic heterocycles. The molecule has 1 saturated carbocycles. The zero-order valence-corrected chi connectivity index (χ0v) is 8.59. The molecule has 0 aromatic carbocycles. The number of halogens is 1. The lowest BCUT2D eigenvalue weighted by atomic mass is 9.80. The van der Waals surface area contributed by atoms with Gasteiger partial charge in [0.05, 0.1) is 16.3 Å². The highest BCUT2D eigenvalue weighted by Crippen LogP contribution is 2.32. The molecule has 0 radical (unpaired) electrons. The summed E-state index contributed by atoms with van der Waals surface area (Å²) in [6, 6.07) is 1.81. The SMILES string of the molecule is OC1(CNc2ccncc2Cl)CCC1. The maximum absolute atomic E-state index is 9.84. The smallest absolute Gasteiger partial charge is 0.0820 e. The third kappa shape index (κ3) is 1.99. The Hall–Kier alpha value is -0.800. The molecular formula is C10H13ClN2O. The van der Waals surface area contributed by atoms with Crippen LogP contribution in [-0.4, -0.2) is 22.2 Å². The number of hydrogen-bond acceptors (Lipinski definition) is 3. The Kier molecular flexibility index (Phi) is 2.61. The van der Waals surface area contributed by atoms with Crippen LogP contribution in [0, 0.1) is 0 Å². The predicted molar refractivity (Wildman–Crippen MR) is 56.5 cm³/mol. The summed E-state index contributed by atoms with van der Waals surface area (Å²) in [5.41, 5.74) is 0.314. The van der Waals surface area contributed by atoms with E-state index in [1.165, 1.54) is 0 Å². The van der Waals surface area contributed by atoms with Crippen LogP contribution in [-0.2, 0) is 0 Å². The second-order valence-corrected chi connectivity index (χ2v) is 4.19. The Morgan fingerprint density at radius 2 is 2.36 bits per heavy atom. The standard InChI is InChI=1S/C10H13ClN2O/c11-8-6-12-5-2-9(8)13-7-10(14)3-1-4-10/h2,5-6,14H,1,3-4,7H2,(H,12,13). The molecule has 1 aliphatic rings. The van der Waals surface area contributed by atoms with Crippen LogP contribution in [0.25, 0.3) is 0 Å². The van der Waals surface area contributed by atoms with Crippen molar-refractivity contribution in [3.63, 3.8) is 0 Å². The van der Waals surface area contributed by atoms with Gasteiger partial charge in [-0.2, -0.15) is 0 Å². The van der Waals surface area contributed by atoms with Gasteiger partial charge in [0.15, 0.2) is 0 Å². The average Bonchev–Trinajstić information content (AvgIpc) is 2.14. The van der Waals surface area contributed by atoms with Crippen molar-refractivity contribution in [3.05, 3.63) is 23.5 Å². The normalized spacial score (nSPS) is 18.7. The van der Waals surface area contributed by atoms with E-state index in [0.717, 1.165) is 24.9 Å². The fourth-order valence-electron chi connectivity index (χ4n) is 1.54. The first-order valence-electron chi connectivity index (χ1n) is 4.75. The summed E-state index contributed by atoms with van der Waals surface area (Å²) in [7, 11) is 0. The second-order valence-electron chi connectivity index (χ2n) is 3.79. The second kappa shape index (κ2) is 3.75. The third-order valence-electron chi connectivity index (χ3n) is 2.66. The molecule has 0 saturated heterocycles. The highest BCUT2D eigenvalue weighted by molar-refractivity contribution is 6.33. The van der Waals surface area contributed by atoms with Crippen LogP contribution in [0.3, 0.4) is 0 Å². The Morgan fingerprint density at radius 1 is 1.57 bits per heavy atom. The molecule has 3 nitrogen and oxygen atoms in total. The molecule has 0 bridgehead atoms. The van der Waals surface area contributed by atoms with Crippen LogP contribution in [0.2, 0.25) is 5.02 Å². The van der Waals surface area contributed by atoms with Gasteiger partial charge in [-0.1, -0.05) is 11.6 Å². The van der Waals surface area contributed by atoms with E-state index >= 15 is 0 Å². The Bertz CT molecular complexity index is 326. The van der Waals surface area contributed by atoms with Gasteiger partial charge >= 0.3 is 0 Å². The van der Waals surface area contributed by atoms with Crippen molar-refractivity contribution < 1.29 is 5.11 Å². The molecule has 2 N–H and O–H groups in total. The van der Waals surface area contributed by atoms with Gasteiger partial charge in [0.25, 0.3) is 0 Å². The van der Waals surface area contributed by atoms with Crippen molar-refractivity contribution in [3.8, 4) is 0 Å². The molecule has 1 aromatic heterocycles. The Balaban J connectivity index is 1.95. The molecule has 0 unspecified atom stereocenters. The maximum atomic E-state index is 9.84. The first kappa shape index (κ1) is 9.74. The lowest BCUT2D eigenvalue weighted by Gasteiger charge is -2.36. The van der Waals surface area contributed by atoms with Crippen LogP contribution in [0.1, 0.15) is 19.3 Å². The van der Waals surface area contributed by atoms with Gasteiger partial charge in [0, 0.05) is 18.9 Å². The van der Waals surface area contributed by atoms with E-state index in [9.17, 15) is 5.11 Å². The first-order valence-corrected chi connectivity index (χ1v) is 5.13. The van der Waals surface area contributed by atoms with Crippen LogP contribution in [0.4, 0.5) is 5.69 Å². The fraction of sp³-hybridized carbons (Fsp3) is 0.500. The maximum Gasteiger partial charge on any atom is 0.0820 e. The van der Waals surface area contributed by atoms with E-state index in [0.29, 0.717) is 11.6 Å². The third-order valence-corrected chi connectivity index (χ3v) is 2.97. The fourth-order valence-corrected chi connectivity index (χ4v) is 1.73. The van der Waals surface area contributed by atoms with Crippen molar-refractivity contribution in [2.45, 2.75) is 24.9 Å². The Morgan fingerprint density at radius 3 is 2.93 bits per heavy atom. The predicted octanol–water partition coefficient (Wildman–Crippen LogP) is 2.06. The molecule has 1 heterocycles. The largest absolute Gasteiger partial charge is 0.388 e. The van der Waals surface area contributed by atoms with Crippen molar-refractivity contribution in [1.29, 1.82) is 0 Å². The molecule has 1 aromatic rings. The van der Waals surface area contributed by atoms with Crippen LogP contribution < -0.4 is 5.32 Å². The summed E-state index contributed by atoms with van der Waals surface area (Å²) in [5, 5.41) is 13.6. The molecule has 1 aliphatic carbocycles. The average molecular weight is 213 g/mol. The first-order chi connectivity index (χ1) is 6.70. The highest BCUT2D eigenvalue weighted by Gasteiger charge is 2.33. The highest BCUT2D eigenvalue weighted by atomic mass is 35.5. The van der Waals surface area contributed by atoms with Crippen molar-refractivity contribution in [2.75, 3.05) is 11.9 Å². The number of aliphatic hydroxyl groups is 1. The number of pyridine rings is 1. The summed E-state index contributed by atoms with van der Waals surface area (Å²) in [4.78, 5) is 3.89. The van der Waals surface area contributed by atoms with E-state index in [-0.39, 0.29) is 0 Å². The van der Waals surface area contributed by atoms with Gasteiger partial charge < -0.3 is 10.4 Å². The van der Waals surface area contributed by atoms with E-state index in [1.54, 1.807) is 12.4 Å².